The molecule has 4 N–H and O–H groups in total. The van der Waals surface area contributed by atoms with Gasteiger partial charge in [-0.15, -0.1) is 0 Å². The minimum Gasteiger partial charge on any atom is -0.508 e. The Balaban J connectivity index is 0.000000149. The molecule has 186 valence electrons. The number of aliphatic hydroxyl groups is 1. The second-order valence-corrected chi connectivity index (χ2v) is 10.8. The number of benzene rings is 1. The van der Waals surface area contributed by atoms with Crippen molar-refractivity contribution in [1.29, 1.82) is 0 Å². The van der Waals surface area contributed by atoms with Crippen molar-refractivity contribution in [2.75, 3.05) is 13.1 Å². The van der Waals surface area contributed by atoms with Gasteiger partial charge >= 0.3 is 0 Å². The van der Waals surface area contributed by atoms with Crippen molar-refractivity contribution in [3.8, 4) is 5.75 Å². The van der Waals surface area contributed by atoms with E-state index in [9.17, 15) is 24.6 Å². The second-order valence-electron chi connectivity index (χ2n) is 10.8. The quantitative estimate of drug-likeness (QED) is 0.468. The summed E-state index contributed by atoms with van der Waals surface area (Å²) in [6, 6.07) is 3.92. The van der Waals surface area contributed by atoms with Crippen molar-refractivity contribution >= 4 is 17.7 Å². The van der Waals surface area contributed by atoms with Gasteiger partial charge < -0.3 is 20.4 Å². The fourth-order valence-corrected chi connectivity index (χ4v) is 5.91. The van der Waals surface area contributed by atoms with E-state index < -0.39 is 11.9 Å². The summed E-state index contributed by atoms with van der Waals surface area (Å²) in [7, 11) is 0. The third-order valence-corrected chi connectivity index (χ3v) is 7.52. The number of amides is 3. The summed E-state index contributed by atoms with van der Waals surface area (Å²) in [5.74, 6) is -0.870. The average molecular weight is 472 g/mol. The molecule has 6 rings (SSSR count). The first-order chi connectivity index (χ1) is 16.2. The van der Waals surface area contributed by atoms with Crippen LogP contribution in [0.1, 0.15) is 87.1 Å². The summed E-state index contributed by atoms with van der Waals surface area (Å²) in [5.41, 5.74) is 1.39. The van der Waals surface area contributed by atoms with Crippen molar-refractivity contribution in [1.82, 2.24) is 15.5 Å². The Morgan fingerprint density at radius 2 is 1.62 bits per heavy atom. The lowest BCUT2D eigenvalue weighted by atomic mass is 9.57. The smallest absolute Gasteiger partial charge is 0.255 e. The van der Waals surface area contributed by atoms with Gasteiger partial charge in [-0.2, -0.15) is 0 Å². The number of hydrogen-bond acceptors (Lipinski definition) is 6. The molecule has 8 heteroatoms. The zero-order valence-electron chi connectivity index (χ0n) is 20.1. The molecule has 1 aromatic carbocycles. The largest absolute Gasteiger partial charge is 0.508 e. The van der Waals surface area contributed by atoms with Gasteiger partial charge in [0.25, 0.3) is 5.91 Å². The number of piperidine rings is 1. The standard InChI is InChI=1S/C13H12N2O4.C7H13NO.C6H12/c16-8-1-2-9-7(5-8)6-15(13(9)19)10-3-4-11(17)14-12(10)18;1-6(9)2-7(3-6)4-8-5-7;1-2-4-6-5-3-1/h1-2,5,10,16H,3-4,6H2,(H,14,17,18);8-9H,2-5H2,1H3;1-6H2. The van der Waals surface area contributed by atoms with E-state index in [1.54, 1.807) is 6.07 Å². The van der Waals surface area contributed by atoms with Crippen LogP contribution in [0, 0.1) is 5.41 Å². The molecule has 34 heavy (non-hydrogen) atoms. The summed E-state index contributed by atoms with van der Waals surface area (Å²) in [6.45, 7) is 4.47. The van der Waals surface area contributed by atoms with Crippen molar-refractivity contribution in [3.05, 3.63) is 29.3 Å². The summed E-state index contributed by atoms with van der Waals surface area (Å²) in [6.07, 6.45) is 11.6. The predicted octanol–water partition coefficient (Wildman–Crippen LogP) is 2.61. The first kappa shape index (κ1) is 24.7. The highest BCUT2D eigenvalue weighted by molar-refractivity contribution is 6.05. The van der Waals surface area contributed by atoms with Crippen molar-refractivity contribution in [3.63, 3.8) is 0 Å². The molecule has 1 atom stereocenters. The maximum absolute atomic E-state index is 12.2. The van der Waals surface area contributed by atoms with Crippen molar-refractivity contribution < 1.29 is 24.6 Å². The Morgan fingerprint density at radius 3 is 2.09 bits per heavy atom. The molecule has 1 aromatic rings. The van der Waals surface area contributed by atoms with E-state index in [4.69, 9.17) is 0 Å². The molecule has 2 saturated carbocycles. The maximum atomic E-state index is 12.2. The maximum Gasteiger partial charge on any atom is 0.255 e. The zero-order chi connectivity index (χ0) is 24.3. The number of carbonyl (C=O) groups excluding carboxylic acids is 3. The summed E-state index contributed by atoms with van der Waals surface area (Å²) >= 11 is 0. The fraction of sp³-hybridized carbons (Fsp3) is 0.654. The molecule has 3 aliphatic heterocycles. The van der Waals surface area contributed by atoms with Crippen LogP contribution >= 0.6 is 0 Å². The number of hydrogen-bond donors (Lipinski definition) is 4. The van der Waals surface area contributed by atoms with Gasteiger partial charge in [0.15, 0.2) is 0 Å². The lowest BCUT2D eigenvalue weighted by Crippen LogP contribution is -2.65. The topological polar surface area (TPSA) is 119 Å². The lowest BCUT2D eigenvalue weighted by molar-refractivity contribution is -0.137. The van der Waals surface area contributed by atoms with Crippen LogP contribution in [0.3, 0.4) is 0 Å². The number of carbonyl (C=O) groups is 3. The molecule has 2 saturated heterocycles. The minimum absolute atomic E-state index is 0.0941. The van der Waals surface area contributed by atoms with Crippen molar-refractivity contribution in [2.24, 2.45) is 5.41 Å². The van der Waals surface area contributed by atoms with Crippen LogP contribution in [0.4, 0.5) is 0 Å². The first-order valence-electron chi connectivity index (χ1n) is 12.6. The number of nitrogens with one attached hydrogen (secondary N) is 2. The SMILES string of the molecule is C1CCCCC1.CC1(O)CC2(CNC2)C1.O=C1CCC(N2Cc3cc(O)ccc3C2=O)C(=O)N1. The highest BCUT2D eigenvalue weighted by Crippen LogP contribution is 2.50. The molecule has 3 amide bonds. The molecule has 0 radical (unpaired) electrons. The third-order valence-electron chi connectivity index (χ3n) is 7.52. The van der Waals surface area contributed by atoms with Crippen LogP contribution in [-0.2, 0) is 16.1 Å². The molecular formula is C26H37N3O5. The Morgan fingerprint density at radius 1 is 1.00 bits per heavy atom. The summed E-state index contributed by atoms with van der Waals surface area (Å²) < 4.78 is 0. The summed E-state index contributed by atoms with van der Waals surface area (Å²) in [5, 5.41) is 24.3. The Kier molecular flexibility index (Phi) is 7.28. The van der Waals surface area contributed by atoms with E-state index in [-0.39, 0.29) is 36.1 Å². The molecule has 4 fully saturated rings. The van der Waals surface area contributed by atoms with Crippen LogP contribution < -0.4 is 10.6 Å². The van der Waals surface area contributed by atoms with Crippen LogP contribution in [0.25, 0.3) is 0 Å². The van der Waals surface area contributed by atoms with Gasteiger partial charge in [-0.3, -0.25) is 19.7 Å². The highest BCUT2D eigenvalue weighted by Gasteiger charge is 2.54. The Bertz CT molecular complexity index is 915. The van der Waals surface area contributed by atoms with Gasteiger partial charge in [-0.25, -0.2) is 0 Å². The van der Waals surface area contributed by atoms with Crippen LogP contribution in [0.2, 0.25) is 0 Å². The van der Waals surface area contributed by atoms with Crippen molar-refractivity contribution in [2.45, 2.75) is 89.3 Å². The number of aromatic hydroxyl groups is 1. The van der Waals surface area contributed by atoms with Gasteiger partial charge in [-0.1, -0.05) is 38.5 Å². The zero-order valence-corrected chi connectivity index (χ0v) is 20.1. The number of phenols is 1. The van der Waals surface area contributed by atoms with E-state index in [0.717, 1.165) is 25.9 Å². The molecule has 8 nitrogen and oxygen atoms in total. The molecule has 1 spiro atoms. The van der Waals surface area contributed by atoms with Gasteiger partial charge in [0, 0.05) is 37.0 Å². The molecule has 5 aliphatic rings. The molecule has 3 heterocycles. The van der Waals surface area contributed by atoms with Crippen LogP contribution in [0.15, 0.2) is 18.2 Å². The molecule has 0 bridgehead atoms. The monoisotopic (exact) mass is 471 g/mol. The first-order valence-corrected chi connectivity index (χ1v) is 12.6. The molecule has 0 aromatic heterocycles. The van der Waals surface area contributed by atoms with E-state index in [1.165, 1.54) is 55.6 Å². The second kappa shape index (κ2) is 10.0. The van der Waals surface area contributed by atoms with Gasteiger partial charge in [-0.05, 0) is 49.9 Å². The van der Waals surface area contributed by atoms with E-state index >= 15 is 0 Å². The summed E-state index contributed by atoms with van der Waals surface area (Å²) in [4.78, 5) is 36.6. The molecule has 2 aliphatic carbocycles. The molecule has 1 unspecified atom stereocenters. The normalized spacial score (nSPS) is 26.1. The Hall–Kier alpha value is -2.45. The Labute approximate surface area is 201 Å². The highest BCUT2D eigenvalue weighted by atomic mass is 16.3. The predicted molar refractivity (Wildman–Crippen MR) is 127 cm³/mol. The fourth-order valence-electron chi connectivity index (χ4n) is 5.91. The number of fused-ring (bicyclic) bond motifs is 1. The van der Waals surface area contributed by atoms with Gasteiger partial charge in [0.05, 0.1) is 5.60 Å². The number of nitrogens with zero attached hydrogens (tertiary/aromatic N) is 1. The number of imide groups is 1. The number of rotatable bonds is 1. The van der Waals surface area contributed by atoms with E-state index in [1.807, 2.05) is 6.92 Å². The minimum atomic E-state index is -0.611. The van der Waals surface area contributed by atoms with Crippen LogP contribution in [0.5, 0.6) is 5.75 Å². The van der Waals surface area contributed by atoms with Crippen LogP contribution in [-0.4, -0.2) is 57.6 Å². The van der Waals surface area contributed by atoms with Gasteiger partial charge in [0.1, 0.15) is 11.8 Å². The average Bonchev–Trinajstić information content (AvgIpc) is 3.08. The molecular weight excluding hydrogens is 434 g/mol. The van der Waals surface area contributed by atoms with E-state index in [2.05, 4.69) is 10.6 Å². The lowest BCUT2D eigenvalue weighted by Gasteiger charge is -2.57. The third kappa shape index (κ3) is 5.61. The van der Waals surface area contributed by atoms with E-state index in [0.29, 0.717) is 23.0 Å². The number of phenolic OH excluding ortho intramolecular Hbond substituents is 1. The van der Waals surface area contributed by atoms with Gasteiger partial charge in [0.2, 0.25) is 11.8 Å².